The van der Waals surface area contributed by atoms with E-state index in [1.807, 2.05) is 0 Å². The second-order valence-electron chi connectivity index (χ2n) is 5.88. The largest absolute Gasteiger partial charge is 0.391 e. The van der Waals surface area contributed by atoms with Gasteiger partial charge in [0.2, 0.25) is 11.8 Å². The molecule has 0 radical (unpaired) electrons. The van der Waals surface area contributed by atoms with E-state index in [1.165, 1.54) is 13.0 Å². The van der Waals surface area contributed by atoms with Crippen molar-refractivity contribution in [2.75, 3.05) is 19.6 Å². The molecule has 24 heavy (non-hydrogen) atoms. The third kappa shape index (κ3) is 4.72. The third-order valence-electron chi connectivity index (χ3n) is 3.98. The summed E-state index contributed by atoms with van der Waals surface area (Å²) in [5, 5.41) is 17.7. The van der Waals surface area contributed by atoms with Gasteiger partial charge in [0.15, 0.2) is 0 Å². The average Bonchev–Trinajstić information content (AvgIpc) is 2.89. The van der Waals surface area contributed by atoms with Gasteiger partial charge in [-0.05, 0) is 12.1 Å². The molecule has 3 atom stereocenters. The van der Waals surface area contributed by atoms with Gasteiger partial charge in [0.05, 0.1) is 18.6 Å². The summed E-state index contributed by atoms with van der Waals surface area (Å²) in [6.07, 6.45) is -0.839. The van der Waals surface area contributed by atoms with Crippen LogP contribution in [0.25, 0.3) is 0 Å². The van der Waals surface area contributed by atoms with Gasteiger partial charge in [0, 0.05) is 38.0 Å². The summed E-state index contributed by atoms with van der Waals surface area (Å²) in [7, 11) is 0. The van der Waals surface area contributed by atoms with Crippen LogP contribution in [0.4, 0.5) is 8.78 Å². The minimum absolute atomic E-state index is 0.113. The van der Waals surface area contributed by atoms with E-state index in [0.29, 0.717) is 13.1 Å². The molecule has 4 N–H and O–H groups in total. The summed E-state index contributed by atoms with van der Waals surface area (Å²) >= 11 is 0. The lowest BCUT2D eigenvalue weighted by molar-refractivity contribution is -0.123. The van der Waals surface area contributed by atoms with Gasteiger partial charge in [-0.15, -0.1) is 0 Å². The summed E-state index contributed by atoms with van der Waals surface area (Å²) in [5.41, 5.74) is -0.342. The fraction of sp³-hybridized carbons (Fsp3) is 0.500. The number of amides is 2. The number of carbonyl (C=O) groups excluding carboxylic acids is 2. The van der Waals surface area contributed by atoms with Gasteiger partial charge in [0.1, 0.15) is 11.6 Å². The zero-order valence-corrected chi connectivity index (χ0v) is 13.3. The zero-order chi connectivity index (χ0) is 17.7. The van der Waals surface area contributed by atoms with E-state index in [-0.39, 0.29) is 24.4 Å². The smallest absolute Gasteiger partial charge is 0.222 e. The molecule has 2 amide bonds. The highest BCUT2D eigenvalue weighted by molar-refractivity contribution is 5.79. The van der Waals surface area contributed by atoms with Gasteiger partial charge in [-0.2, -0.15) is 0 Å². The normalized spacial score (nSPS) is 21.3. The van der Waals surface area contributed by atoms with Gasteiger partial charge >= 0.3 is 0 Å². The van der Waals surface area contributed by atoms with E-state index < -0.39 is 35.6 Å². The molecule has 132 valence electrons. The Hall–Kier alpha value is -2.06. The summed E-state index contributed by atoms with van der Waals surface area (Å²) in [4.78, 5) is 23.4. The molecular weight excluding hydrogens is 320 g/mol. The predicted octanol–water partition coefficient (Wildman–Crippen LogP) is 0.229. The number of halogens is 2. The first-order chi connectivity index (χ1) is 11.4. The third-order valence-corrected chi connectivity index (χ3v) is 3.98. The fourth-order valence-electron chi connectivity index (χ4n) is 2.74. The molecule has 0 aromatic heterocycles. The summed E-state index contributed by atoms with van der Waals surface area (Å²) in [6.45, 7) is 2.51. The van der Waals surface area contributed by atoms with Gasteiger partial charge in [-0.25, -0.2) is 8.78 Å². The molecule has 1 saturated heterocycles. The van der Waals surface area contributed by atoms with Crippen molar-refractivity contribution >= 4 is 11.8 Å². The van der Waals surface area contributed by atoms with Gasteiger partial charge in [-0.3, -0.25) is 9.59 Å². The Kier molecular flexibility index (Phi) is 6.22. The second kappa shape index (κ2) is 8.16. The number of carbonyl (C=O) groups is 2. The maximum Gasteiger partial charge on any atom is 0.222 e. The van der Waals surface area contributed by atoms with E-state index in [9.17, 15) is 23.5 Å². The quantitative estimate of drug-likeness (QED) is 0.596. The van der Waals surface area contributed by atoms with E-state index in [4.69, 9.17) is 0 Å². The molecule has 1 aliphatic rings. The minimum atomic E-state index is -1.10. The van der Waals surface area contributed by atoms with Crippen molar-refractivity contribution in [2.24, 2.45) is 5.92 Å². The highest BCUT2D eigenvalue weighted by atomic mass is 19.1. The number of nitrogens with one attached hydrogen (secondary N) is 3. The van der Waals surface area contributed by atoms with Gasteiger partial charge < -0.3 is 21.1 Å². The van der Waals surface area contributed by atoms with E-state index >= 15 is 0 Å². The number of hydrogen-bond acceptors (Lipinski definition) is 4. The fourth-order valence-corrected chi connectivity index (χ4v) is 2.74. The van der Waals surface area contributed by atoms with Crippen LogP contribution in [0, 0.1) is 17.6 Å². The molecule has 0 spiro atoms. The highest BCUT2D eigenvalue weighted by Gasteiger charge is 2.27. The first-order valence-corrected chi connectivity index (χ1v) is 7.75. The number of aliphatic hydroxyl groups is 1. The molecule has 8 heteroatoms. The van der Waals surface area contributed by atoms with Crippen LogP contribution in [0.5, 0.6) is 0 Å². The Morgan fingerprint density at radius 2 is 2.00 bits per heavy atom. The molecule has 1 aliphatic heterocycles. The Morgan fingerprint density at radius 1 is 1.33 bits per heavy atom. The Balaban J connectivity index is 2.03. The summed E-state index contributed by atoms with van der Waals surface area (Å²) < 4.78 is 27.8. The molecule has 1 heterocycles. The van der Waals surface area contributed by atoms with E-state index in [0.717, 1.165) is 12.1 Å². The van der Waals surface area contributed by atoms with Crippen molar-refractivity contribution in [3.05, 3.63) is 35.4 Å². The van der Waals surface area contributed by atoms with Crippen LogP contribution in [0.15, 0.2) is 18.2 Å². The maximum absolute atomic E-state index is 13.9. The molecule has 6 nitrogen and oxygen atoms in total. The SMILES string of the molecule is CC(=O)NC(CC(=O)NCC1CNCC1O)c1c(F)cccc1F. The zero-order valence-electron chi connectivity index (χ0n) is 13.3. The monoisotopic (exact) mass is 341 g/mol. The molecule has 0 saturated carbocycles. The number of benzene rings is 1. The van der Waals surface area contributed by atoms with Crippen LogP contribution in [0.3, 0.4) is 0 Å². The van der Waals surface area contributed by atoms with Crippen molar-refractivity contribution in [3.63, 3.8) is 0 Å². The lowest BCUT2D eigenvalue weighted by Gasteiger charge is -2.20. The van der Waals surface area contributed by atoms with E-state index in [1.54, 1.807) is 0 Å². The van der Waals surface area contributed by atoms with Crippen LogP contribution in [-0.2, 0) is 9.59 Å². The standard InChI is InChI=1S/C16H21F2N3O3/c1-9(22)21-13(16-11(17)3-2-4-12(16)18)5-15(24)20-7-10-6-19-8-14(10)23/h2-4,10,13-14,19,23H,5-8H2,1H3,(H,20,24)(H,21,22). The molecule has 0 aliphatic carbocycles. The number of rotatable bonds is 6. The minimum Gasteiger partial charge on any atom is -0.391 e. The van der Waals surface area contributed by atoms with Gasteiger partial charge in [-0.1, -0.05) is 6.07 Å². The van der Waals surface area contributed by atoms with Crippen molar-refractivity contribution in [1.29, 1.82) is 0 Å². The lowest BCUT2D eigenvalue weighted by Crippen LogP contribution is -2.37. The lowest BCUT2D eigenvalue weighted by atomic mass is 10.0. The molecular formula is C16H21F2N3O3. The van der Waals surface area contributed by atoms with Crippen LogP contribution >= 0.6 is 0 Å². The maximum atomic E-state index is 13.9. The van der Waals surface area contributed by atoms with Crippen molar-refractivity contribution < 1.29 is 23.5 Å². The van der Waals surface area contributed by atoms with Crippen LogP contribution in [0.1, 0.15) is 24.9 Å². The molecule has 1 aromatic carbocycles. The Morgan fingerprint density at radius 3 is 2.54 bits per heavy atom. The second-order valence-corrected chi connectivity index (χ2v) is 5.88. The number of hydrogen-bond donors (Lipinski definition) is 4. The van der Waals surface area contributed by atoms with Crippen molar-refractivity contribution in [1.82, 2.24) is 16.0 Å². The molecule has 0 bridgehead atoms. The number of β-amino-alcohol motifs (C(OH)–C–C–N with tert-alkyl or cyclic N) is 1. The Bertz CT molecular complexity index is 592. The number of aliphatic hydroxyl groups excluding tert-OH is 1. The Labute approximate surface area is 138 Å². The summed E-state index contributed by atoms with van der Waals surface area (Å²) in [5.74, 6) is -2.71. The molecule has 2 rings (SSSR count). The topological polar surface area (TPSA) is 90.5 Å². The van der Waals surface area contributed by atoms with E-state index in [2.05, 4.69) is 16.0 Å². The first-order valence-electron chi connectivity index (χ1n) is 7.75. The van der Waals surface area contributed by atoms with Crippen LogP contribution in [-0.4, -0.2) is 42.7 Å². The predicted molar refractivity (Wildman–Crippen MR) is 82.9 cm³/mol. The van der Waals surface area contributed by atoms with Crippen LogP contribution in [0.2, 0.25) is 0 Å². The van der Waals surface area contributed by atoms with Crippen molar-refractivity contribution in [3.8, 4) is 0 Å². The molecule has 1 fully saturated rings. The average molecular weight is 341 g/mol. The molecule has 1 aromatic rings. The van der Waals surface area contributed by atoms with Crippen molar-refractivity contribution in [2.45, 2.75) is 25.5 Å². The molecule has 3 unspecified atom stereocenters. The highest BCUT2D eigenvalue weighted by Crippen LogP contribution is 2.23. The summed E-state index contributed by atoms with van der Waals surface area (Å²) in [6, 6.07) is 2.26. The first kappa shape index (κ1) is 18.3. The van der Waals surface area contributed by atoms with Gasteiger partial charge in [0.25, 0.3) is 0 Å². The van der Waals surface area contributed by atoms with Crippen LogP contribution < -0.4 is 16.0 Å².